The molecule has 0 saturated heterocycles. The Bertz CT molecular complexity index is 1320. The Balaban J connectivity index is 1.66. The molecular weight excluding hydrogens is 416 g/mol. The molecule has 1 aliphatic rings. The molecular formula is C23H20N2O3S2. The highest BCUT2D eigenvalue weighted by molar-refractivity contribution is 7.98. The molecule has 7 heteroatoms. The molecule has 0 unspecified atom stereocenters. The highest BCUT2D eigenvalue weighted by atomic mass is 32.2. The average molecular weight is 437 g/mol. The molecule has 0 radical (unpaired) electrons. The Morgan fingerprint density at radius 1 is 1.10 bits per heavy atom. The third kappa shape index (κ3) is 3.48. The van der Waals surface area contributed by atoms with Gasteiger partial charge in [-0.2, -0.15) is 16.8 Å². The predicted octanol–water partition coefficient (Wildman–Crippen LogP) is 4.73. The van der Waals surface area contributed by atoms with E-state index < -0.39 is 0 Å². The van der Waals surface area contributed by atoms with E-state index in [9.17, 15) is 4.79 Å². The van der Waals surface area contributed by atoms with Crippen molar-refractivity contribution in [1.82, 2.24) is 4.57 Å². The number of fused-ring (bicyclic) bond motifs is 3. The summed E-state index contributed by atoms with van der Waals surface area (Å²) in [5, 5.41) is 1.95. The number of hydrogen-bond donors (Lipinski definition) is 0. The number of hydrogen-bond acceptors (Lipinski definition) is 5. The molecule has 0 fully saturated rings. The quantitative estimate of drug-likeness (QED) is 0.464. The van der Waals surface area contributed by atoms with Crippen molar-refractivity contribution in [3.8, 4) is 11.5 Å². The standard InChI is InChI=1S/C23H20N2O3S2/c1-29-12-9-25-18-13-19-20(28-11-10-27-19)14-21(18)30-23(25)24-22(26)17-8-4-6-15-5-2-3-7-16(15)17/h2-8,13-14H,9-12H2,1H3. The number of carbonyl (C=O) groups is 1. The van der Waals surface area contributed by atoms with Crippen LogP contribution in [0.2, 0.25) is 0 Å². The highest BCUT2D eigenvalue weighted by Crippen LogP contribution is 2.35. The maximum Gasteiger partial charge on any atom is 0.280 e. The first-order chi connectivity index (χ1) is 14.7. The van der Waals surface area contributed by atoms with Gasteiger partial charge in [-0.15, -0.1) is 0 Å². The molecule has 1 amide bonds. The van der Waals surface area contributed by atoms with Gasteiger partial charge in [-0.3, -0.25) is 4.79 Å². The molecule has 1 aromatic heterocycles. The number of nitrogens with zero attached hydrogens (tertiary/aromatic N) is 2. The van der Waals surface area contributed by atoms with Crippen molar-refractivity contribution in [2.45, 2.75) is 6.54 Å². The van der Waals surface area contributed by atoms with E-state index in [1.54, 1.807) is 11.8 Å². The summed E-state index contributed by atoms with van der Waals surface area (Å²) in [5.74, 6) is 2.19. The Hall–Kier alpha value is -2.77. The summed E-state index contributed by atoms with van der Waals surface area (Å²) in [4.78, 5) is 18.4. The van der Waals surface area contributed by atoms with Crippen LogP contribution in [-0.4, -0.2) is 35.7 Å². The molecule has 0 aliphatic carbocycles. The lowest BCUT2D eigenvalue weighted by molar-refractivity contribution is 0.0999. The fraction of sp³-hybridized carbons (Fsp3) is 0.217. The third-order valence-corrected chi connectivity index (χ3v) is 6.71. The van der Waals surface area contributed by atoms with Crippen molar-refractivity contribution in [2.24, 2.45) is 4.99 Å². The Morgan fingerprint density at radius 2 is 1.87 bits per heavy atom. The number of thiazole rings is 1. The minimum atomic E-state index is -0.228. The molecule has 152 valence electrons. The lowest BCUT2D eigenvalue weighted by Gasteiger charge is -2.18. The Morgan fingerprint density at radius 3 is 2.70 bits per heavy atom. The van der Waals surface area contributed by atoms with Crippen molar-refractivity contribution in [3.63, 3.8) is 0 Å². The van der Waals surface area contributed by atoms with Crippen molar-refractivity contribution >= 4 is 50.0 Å². The second-order valence-electron chi connectivity index (χ2n) is 6.94. The predicted molar refractivity (Wildman–Crippen MR) is 123 cm³/mol. The number of aromatic nitrogens is 1. The van der Waals surface area contributed by atoms with E-state index in [4.69, 9.17) is 9.47 Å². The lowest BCUT2D eigenvalue weighted by atomic mass is 10.0. The maximum atomic E-state index is 13.2. The van der Waals surface area contributed by atoms with Gasteiger partial charge in [0.05, 0.1) is 10.2 Å². The van der Waals surface area contributed by atoms with Gasteiger partial charge >= 0.3 is 0 Å². The van der Waals surface area contributed by atoms with Crippen LogP contribution < -0.4 is 14.3 Å². The van der Waals surface area contributed by atoms with Crippen molar-refractivity contribution in [3.05, 3.63) is 65.0 Å². The molecule has 1 aliphatic heterocycles. The zero-order valence-electron chi connectivity index (χ0n) is 16.5. The Labute approximate surface area is 182 Å². The summed E-state index contributed by atoms with van der Waals surface area (Å²) in [6.45, 7) is 1.86. The van der Waals surface area contributed by atoms with Crippen LogP contribution in [0.25, 0.3) is 21.0 Å². The minimum absolute atomic E-state index is 0.228. The van der Waals surface area contributed by atoms with E-state index >= 15 is 0 Å². The smallest absolute Gasteiger partial charge is 0.280 e. The number of ether oxygens (including phenoxy) is 2. The third-order valence-electron chi connectivity index (χ3n) is 5.08. The fourth-order valence-electron chi connectivity index (χ4n) is 3.65. The van der Waals surface area contributed by atoms with Gasteiger partial charge in [-0.25, -0.2) is 0 Å². The first-order valence-corrected chi connectivity index (χ1v) is 11.9. The van der Waals surface area contributed by atoms with E-state index in [0.717, 1.165) is 44.8 Å². The summed E-state index contributed by atoms with van der Waals surface area (Å²) in [5.41, 5.74) is 1.63. The van der Waals surface area contributed by atoms with Crippen molar-refractivity contribution in [1.29, 1.82) is 0 Å². The molecule has 0 atom stereocenters. The van der Waals surface area contributed by atoms with Crippen molar-refractivity contribution in [2.75, 3.05) is 25.2 Å². The monoisotopic (exact) mass is 436 g/mol. The van der Waals surface area contributed by atoms with Crippen LogP contribution in [-0.2, 0) is 6.54 Å². The van der Waals surface area contributed by atoms with E-state index in [0.29, 0.717) is 23.6 Å². The fourth-order valence-corrected chi connectivity index (χ4v) is 5.08. The molecule has 3 aromatic carbocycles. The number of rotatable bonds is 4. The topological polar surface area (TPSA) is 52.8 Å². The summed E-state index contributed by atoms with van der Waals surface area (Å²) in [6, 6.07) is 17.6. The first kappa shape index (κ1) is 19.2. The van der Waals surface area contributed by atoms with Crippen LogP contribution in [0.1, 0.15) is 10.4 Å². The summed E-state index contributed by atoms with van der Waals surface area (Å²) in [7, 11) is 0. The van der Waals surface area contributed by atoms with Gasteiger partial charge in [0.2, 0.25) is 0 Å². The van der Waals surface area contributed by atoms with Crippen LogP contribution >= 0.6 is 23.1 Å². The van der Waals surface area contributed by atoms with Gasteiger partial charge in [0.15, 0.2) is 16.3 Å². The molecule has 0 bridgehead atoms. The highest BCUT2D eigenvalue weighted by Gasteiger charge is 2.17. The van der Waals surface area contributed by atoms with Crippen molar-refractivity contribution < 1.29 is 14.3 Å². The second kappa shape index (κ2) is 8.16. The van der Waals surface area contributed by atoms with Crippen LogP contribution in [0.3, 0.4) is 0 Å². The van der Waals surface area contributed by atoms with Gasteiger partial charge in [-0.1, -0.05) is 47.7 Å². The second-order valence-corrected chi connectivity index (χ2v) is 8.93. The summed E-state index contributed by atoms with van der Waals surface area (Å²) in [6.07, 6.45) is 2.08. The SMILES string of the molecule is CSCCn1c(=NC(=O)c2cccc3ccccc23)sc2cc3c(cc21)OCCO3. The van der Waals surface area contributed by atoms with Gasteiger partial charge in [0, 0.05) is 30.0 Å². The normalized spacial score (nSPS) is 13.8. The van der Waals surface area contributed by atoms with Gasteiger partial charge in [0.1, 0.15) is 13.2 Å². The molecule has 5 rings (SSSR count). The molecule has 4 aromatic rings. The van der Waals surface area contributed by atoms with E-state index in [-0.39, 0.29) is 5.91 Å². The zero-order chi connectivity index (χ0) is 20.5. The van der Waals surface area contributed by atoms with Gasteiger partial charge in [-0.05, 0) is 23.1 Å². The Kier molecular flexibility index (Phi) is 5.23. The minimum Gasteiger partial charge on any atom is -0.486 e. The van der Waals surface area contributed by atoms with Crippen LogP contribution in [0.4, 0.5) is 0 Å². The summed E-state index contributed by atoms with van der Waals surface area (Å²) >= 11 is 3.27. The molecule has 0 saturated carbocycles. The van der Waals surface area contributed by atoms with E-state index in [1.165, 1.54) is 11.3 Å². The number of aryl methyl sites for hydroxylation is 1. The summed E-state index contributed by atoms with van der Waals surface area (Å²) < 4.78 is 14.6. The van der Waals surface area contributed by atoms with Crippen LogP contribution in [0.5, 0.6) is 11.5 Å². The first-order valence-electron chi connectivity index (χ1n) is 9.73. The molecule has 0 N–H and O–H groups in total. The maximum absolute atomic E-state index is 13.2. The van der Waals surface area contributed by atoms with E-state index in [2.05, 4.69) is 15.8 Å². The van der Waals surface area contributed by atoms with Gasteiger partial charge in [0.25, 0.3) is 5.91 Å². The molecule has 0 spiro atoms. The zero-order valence-corrected chi connectivity index (χ0v) is 18.1. The molecule has 5 nitrogen and oxygen atoms in total. The molecule has 30 heavy (non-hydrogen) atoms. The number of amides is 1. The van der Waals surface area contributed by atoms with Gasteiger partial charge < -0.3 is 14.0 Å². The lowest BCUT2D eigenvalue weighted by Crippen LogP contribution is -2.19. The van der Waals surface area contributed by atoms with Crippen LogP contribution in [0.15, 0.2) is 59.6 Å². The molecule has 2 heterocycles. The average Bonchev–Trinajstić information content (AvgIpc) is 3.11. The number of benzene rings is 3. The largest absolute Gasteiger partial charge is 0.486 e. The van der Waals surface area contributed by atoms with Crippen LogP contribution in [0, 0.1) is 0 Å². The number of carbonyl (C=O) groups excluding carboxylic acids is 1. The van der Waals surface area contributed by atoms with E-state index in [1.807, 2.05) is 54.6 Å². The number of thioether (sulfide) groups is 1.